The number of fused-ring (bicyclic) bond motifs is 1. The summed E-state index contributed by atoms with van der Waals surface area (Å²) in [5.74, 6) is -0.424. The Balaban J connectivity index is 2.24. The molecule has 0 saturated carbocycles. The Morgan fingerprint density at radius 3 is 2.70 bits per heavy atom. The Morgan fingerprint density at radius 1 is 1.15 bits per heavy atom. The van der Waals surface area contributed by atoms with Gasteiger partial charge >= 0.3 is 6.18 Å². The predicted molar refractivity (Wildman–Crippen MR) is 65.6 cm³/mol. The minimum Gasteiger partial charge on any atom is -0.368 e. The number of anilines is 1. The van der Waals surface area contributed by atoms with Crippen LogP contribution in [0.25, 0.3) is 17.0 Å². The molecular formula is C12H8F3N5. The fourth-order valence-corrected chi connectivity index (χ4v) is 1.90. The lowest BCUT2D eigenvalue weighted by Gasteiger charge is -2.10. The number of rotatable bonds is 1. The average molecular weight is 279 g/mol. The van der Waals surface area contributed by atoms with E-state index < -0.39 is 17.8 Å². The normalized spacial score (nSPS) is 11.9. The van der Waals surface area contributed by atoms with Crippen molar-refractivity contribution in [3.63, 3.8) is 0 Å². The molecule has 0 saturated heterocycles. The maximum Gasteiger partial charge on any atom is 0.433 e. The Labute approximate surface area is 110 Å². The lowest BCUT2D eigenvalue weighted by Crippen LogP contribution is -2.11. The number of alkyl halides is 3. The van der Waals surface area contributed by atoms with E-state index >= 15 is 0 Å². The van der Waals surface area contributed by atoms with Crippen LogP contribution in [0, 0.1) is 0 Å². The molecule has 0 fully saturated rings. The van der Waals surface area contributed by atoms with Crippen LogP contribution in [0.15, 0.2) is 36.7 Å². The van der Waals surface area contributed by atoms with Crippen molar-refractivity contribution in [2.75, 3.05) is 5.73 Å². The van der Waals surface area contributed by atoms with E-state index in [4.69, 9.17) is 5.73 Å². The molecule has 0 bridgehead atoms. The summed E-state index contributed by atoms with van der Waals surface area (Å²) in [5, 5.41) is 0. The van der Waals surface area contributed by atoms with E-state index in [-0.39, 0.29) is 5.69 Å². The van der Waals surface area contributed by atoms with E-state index in [0.717, 1.165) is 6.07 Å². The van der Waals surface area contributed by atoms with Gasteiger partial charge in [0.05, 0.1) is 11.4 Å². The zero-order valence-corrected chi connectivity index (χ0v) is 9.96. The molecule has 3 heterocycles. The van der Waals surface area contributed by atoms with Crippen molar-refractivity contribution in [1.29, 1.82) is 0 Å². The van der Waals surface area contributed by atoms with E-state index in [2.05, 4.69) is 15.0 Å². The quantitative estimate of drug-likeness (QED) is 0.742. The van der Waals surface area contributed by atoms with Gasteiger partial charge in [-0.1, -0.05) is 6.07 Å². The van der Waals surface area contributed by atoms with Crippen molar-refractivity contribution in [1.82, 2.24) is 19.4 Å². The molecule has 0 radical (unpaired) electrons. The molecule has 3 aromatic rings. The Bertz CT molecular complexity index is 778. The van der Waals surface area contributed by atoms with Gasteiger partial charge in [0.25, 0.3) is 0 Å². The van der Waals surface area contributed by atoms with E-state index in [9.17, 15) is 13.2 Å². The van der Waals surface area contributed by atoms with Gasteiger partial charge in [-0.15, -0.1) is 0 Å². The van der Waals surface area contributed by atoms with Gasteiger partial charge in [0.15, 0.2) is 5.69 Å². The molecular weight excluding hydrogens is 271 g/mol. The molecule has 0 atom stereocenters. The van der Waals surface area contributed by atoms with Crippen LogP contribution in [0.4, 0.5) is 19.1 Å². The van der Waals surface area contributed by atoms with E-state index in [1.807, 2.05) is 0 Å². The van der Waals surface area contributed by atoms with Gasteiger partial charge in [0, 0.05) is 12.4 Å². The van der Waals surface area contributed by atoms with Crippen LogP contribution in [0.1, 0.15) is 5.69 Å². The van der Waals surface area contributed by atoms with Crippen LogP contribution in [0.3, 0.4) is 0 Å². The minimum atomic E-state index is -4.57. The molecule has 0 spiro atoms. The number of nitrogens with two attached hydrogens (primary N) is 1. The van der Waals surface area contributed by atoms with E-state index in [0.29, 0.717) is 11.3 Å². The largest absolute Gasteiger partial charge is 0.433 e. The van der Waals surface area contributed by atoms with Gasteiger partial charge in [-0.05, 0) is 18.2 Å². The summed E-state index contributed by atoms with van der Waals surface area (Å²) in [6.45, 7) is 0. The number of pyridine rings is 1. The molecule has 0 amide bonds. The molecule has 8 heteroatoms. The average Bonchev–Trinajstić information content (AvgIpc) is 2.84. The van der Waals surface area contributed by atoms with Gasteiger partial charge in [-0.2, -0.15) is 13.2 Å². The van der Waals surface area contributed by atoms with Crippen LogP contribution in [-0.4, -0.2) is 19.4 Å². The van der Waals surface area contributed by atoms with Crippen molar-refractivity contribution >= 4 is 11.6 Å². The second-order valence-corrected chi connectivity index (χ2v) is 4.06. The summed E-state index contributed by atoms with van der Waals surface area (Å²) in [5.41, 5.74) is 5.45. The van der Waals surface area contributed by atoms with E-state index in [1.54, 1.807) is 35.0 Å². The molecule has 5 nitrogen and oxygen atoms in total. The first-order chi connectivity index (χ1) is 9.45. The van der Waals surface area contributed by atoms with Crippen LogP contribution in [0.5, 0.6) is 0 Å². The summed E-state index contributed by atoms with van der Waals surface area (Å²) in [4.78, 5) is 11.1. The molecule has 3 aromatic heterocycles. The lowest BCUT2D eigenvalue weighted by atomic mass is 10.2. The summed E-state index contributed by atoms with van der Waals surface area (Å²) in [7, 11) is 0. The van der Waals surface area contributed by atoms with Gasteiger partial charge in [0.1, 0.15) is 5.65 Å². The topological polar surface area (TPSA) is 69.1 Å². The maximum atomic E-state index is 12.8. The number of nitrogens with zero attached hydrogens (tertiary/aromatic N) is 4. The molecule has 0 aliphatic rings. The molecule has 20 heavy (non-hydrogen) atoms. The van der Waals surface area contributed by atoms with E-state index in [1.165, 1.54) is 0 Å². The predicted octanol–water partition coefficient (Wildman–Crippen LogP) is 2.39. The van der Waals surface area contributed by atoms with Crippen LogP contribution in [-0.2, 0) is 6.18 Å². The standard InChI is InChI=1S/C12H8F3N5/c13-12(14,15)9-6-7(18-11(16)19-9)8-2-1-3-10-17-4-5-20(8)10/h1-6H,(H2,16,18,19). The van der Waals surface area contributed by atoms with Crippen LogP contribution >= 0.6 is 0 Å². The molecule has 0 unspecified atom stereocenters. The second-order valence-electron chi connectivity index (χ2n) is 4.06. The van der Waals surface area contributed by atoms with Crippen molar-refractivity contribution < 1.29 is 13.2 Å². The first-order valence-electron chi connectivity index (χ1n) is 5.59. The van der Waals surface area contributed by atoms with Crippen LogP contribution in [0.2, 0.25) is 0 Å². The zero-order valence-electron chi connectivity index (χ0n) is 9.96. The molecule has 2 N–H and O–H groups in total. The highest BCUT2D eigenvalue weighted by atomic mass is 19.4. The minimum absolute atomic E-state index is 0.0911. The third-order valence-corrected chi connectivity index (χ3v) is 2.72. The number of halogens is 3. The lowest BCUT2D eigenvalue weighted by molar-refractivity contribution is -0.141. The second kappa shape index (κ2) is 4.19. The van der Waals surface area contributed by atoms with Crippen molar-refractivity contribution in [3.05, 3.63) is 42.4 Å². The molecule has 0 aliphatic heterocycles. The first-order valence-corrected chi connectivity index (χ1v) is 5.59. The Hall–Kier alpha value is -2.64. The molecule has 102 valence electrons. The highest BCUT2D eigenvalue weighted by Gasteiger charge is 2.33. The van der Waals surface area contributed by atoms with Gasteiger partial charge in [-0.25, -0.2) is 15.0 Å². The summed E-state index contributed by atoms with van der Waals surface area (Å²) in [6.07, 6.45) is -1.39. The fourth-order valence-electron chi connectivity index (χ4n) is 1.90. The third-order valence-electron chi connectivity index (χ3n) is 2.72. The number of nitrogen functional groups attached to an aromatic ring is 1. The van der Waals surface area contributed by atoms with Crippen molar-refractivity contribution in [3.8, 4) is 11.4 Å². The van der Waals surface area contributed by atoms with Gasteiger partial charge in [0.2, 0.25) is 5.95 Å². The van der Waals surface area contributed by atoms with Gasteiger partial charge < -0.3 is 5.73 Å². The molecule has 0 aliphatic carbocycles. The Kier molecular flexibility index (Phi) is 2.60. The smallest absolute Gasteiger partial charge is 0.368 e. The number of hydrogen-bond donors (Lipinski definition) is 1. The SMILES string of the molecule is Nc1nc(-c2cccc3nccn23)cc(C(F)(F)F)n1. The molecule has 3 rings (SSSR count). The van der Waals surface area contributed by atoms with Crippen LogP contribution < -0.4 is 5.73 Å². The van der Waals surface area contributed by atoms with Crippen molar-refractivity contribution in [2.24, 2.45) is 0 Å². The van der Waals surface area contributed by atoms with Gasteiger partial charge in [-0.3, -0.25) is 4.40 Å². The number of hydrogen-bond acceptors (Lipinski definition) is 4. The fraction of sp³-hybridized carbons (Fsp3) is 0.0833. The highest BCUT2D eigenvalue weighted by Crippen LogP contribution is 2.30. The maximum absolute atomic E-state index is 12.8. The summed E-state index contributed by atoms with van der Waals surface area (Å²) >= 11 is 0. The Morgan fingerprint density at radius 2 is 1.95 bits per heavy atom. The summed E-state index contributed by atoms with van der Waals surface area (Å²) < 4.78 is 39.9. The highest BCUT2D eigenvalue weighted by molar-refractivity contribution is 5.61. The number of aromatic nitrogens is 4. The summed E-state index contributed by atoms with van der Waals surface area (Å²) in [6, 6.07) is 5.92. The zero-order chi connectivity index (χ0) is 14.3. The monoisotopic (exact) mass is 279 g/mol. The number of imidazole rings is 1. The first kappa shape index (κ1) is 12.4. The molecule has 0 aromatic carbocycles. The van der Waals surface area contributed by atoms with Crippen molar-refractivity contribution in [2.45, 2.75) is 6.18 Å². The third kappa shape index (κ3) is 2.04.